The summed E-state index contributed by atoms with van der Waals surface area (Å²) in [6.45, 7) is 2.35. The molecular weight excluding hydrogens is 252 g/mol. The maximum absolute atomic E-state index is 11.5. The molecule has 0 fully saturated rings. The number of hydrogen-bond donors (Lipinski definition) is 3. The SMILES string of the molecule is C[C@H](O)CNC(=O)CCCNC(=O)c1cccs1. The van der Waals surface area contributed by atoms with Gasteiger partial charge in [0.25, 0.3) is 5.91 Å². The van der Waals surface area contributed by atoms with E-state index in [9.17, 15) is 9.59 Å². The molecule has 3 N–H and O–H groups in total. The first kappa shape index (κ1) is 14.7. The minimum Gasteiger partial charge on any atom is -0.392 e. The van der Waals surface area contributed by atoms with Gasteiger partial charge in [0.15, 0.2) is 0 Å². The average Bonchev–Trinajstić information content (AvgIpc) is 2.85. The molecule has 0 saturated heterocycles. The first-order chi connectivity index (χ1) is 8.59. The van der Waals surface area contributed by atoms with Gasteiger partial charge in [0.05, 0.1) is 11.0 Å². The summed E-state index contributed by atoms with van der Waals surface area (Å²) in [5.41, 5.74) is 0. The van der Waals surface area contributed by atoms with Crippen molar-refractivity contribution in [2.45, 2.75) is 25.9 Å². The zero-order chi connectivity index (χ0) is 13.4. The Kier molecular flexibility index (Phi) is 6.38. The van der Waals surface area contributed by atoms with E-state index in [0.717, 1.165) is 0 Å². The molecular formula is C12H18N2O3S. The summed E-state index contributed by atoms with van der Waals surface area (Å²) in [4.78, 5) is 23.5. The zero-order valence-electron chi connectivity index (χ0n) is 10.3. The van der Waals surface area contributed by atoms with Gasteiger partial charge in [0.2, 0.25) is 5.91 Å². The Labute approximate surface area is 110 Å². The van der Waals surface area contributed by atoms with Crippen LogP contribution >= 0.6 is 11.3 Å². The topological polar surface area (TPSA) is 78.4 Å². The highest BCUT2D eigenvalue weighted by Gasteiger charge is 2.06. The molecule has 0 aromatic carbocycles. The smallest absolute Gasteiger partial charge is 0.261 e. The lowest BCUT2D eigenvalue weighted by Crippen LogP contribution is -2.31. The largest absolute Gasteiger partial charge is 0.392 e. The van der Waals surface area contributed by atoms with E-state index in [4.69, 9.17) is 5.11 Å². The van der Waals surface area contributed by atoms with E-state index < -0.39 is 6.10 Å². The second-order valence-corrected chi connectivity index (χ2v) is 4.94. The highest BCUT2D eigenvalue weighted by Crippen LogP contribution is 2.07. The van der Waals surface area contributed by atoms with Crippen LogP contribution in [0.1, 0.15) is 29.4 Å². The third-order valence-electron chi connectivity index (χ3n) is 2.21. The minimum absolute atomic E-state index is 0.102. The zero-order valence-corrected chi connectivity index (χ0v) is 11.1. The molecule has 6 heteroatoms. The molecule has 0 radical (unpaired) electrons. The van der Waals surface area contributed by atoms with Crippen LogP contribution in [0.5, 0.6) is 0 Å². The lowest BCUT2D eigenvalue weighted by atomic mass is 10.3. The molecule has 1 atom stereocenters. The molecule has 0 saturated carbocycles. The maximum atomic E-state index is 11.5. The van der Waals surface area contributed by atoms with Gasteiger partial charge in [-0.2, -0.15) is 0 Å². The fourth-order valence-electron chi connectivity index (χ4n) is 1.30. The molecule has 0 aliphatic rings. The summed E-state index contributed by atoms with van der Waals surface area (Å²) in [5.74, 6) is -0.212. The van der Waals surface area contributed by atoms with Gasteiger partial charge in [-0.3, -0.25) is 9.59 Å². The highest BCUT2D eigenvalue weighted by molar-refractivity contribution is 7.12. The molecule has 2 amide bonds. The molecule has 0 aliphatic heterocycles. The molecule has 0 aliphatic carbocycles. The number of amides is 2. The third kappa shape index (κ3) is 5.79. The minimum atomic E-state index is -0.535. The normalized spacial score (nSPS) is 11.9. The monoisotopic (exact) mass is 270 g/mol. The second-order valence-electron chi connectivity index (χ2n) is 3.99. The standard InChI is InChI=1S/C12H18N2O3S/c1-9(15)8-14-11(16)5-2-6-13-12(17)10-4-3-7-18-10/h3-4,7,9,15H,2,5-6,8H2,1H3,(H,13,17)(H,14,16)/t9-/m0/s1. The predicted molar refractivity (Wildman–Crippen MR) is 70.6 cm³/mol. The number of rotatable bonds is 7. The molecule has 100 valence electrons. The van der Waals surface area contributed by atoms with Crippen molar-refractivity contribution in [1.29, 1.82) is 0 Å². The molecule has 5 nitrogen and oxygen atoms in total. The van der Waals surface area contributed by atoms with Crippen molar-refractivity contribution in [3.63, 3.8) is 0 Å². The van der Waals surface area contributed by atoms with Gasteiger partial charge in [-0.25, -0.2) is 0 Å². The van der Waals surface area contributed by atoms with Crippen molar-refractivity contribution in [3.8, 4) is 0 Å². The van der Waals surface area contributed by atoms with Gasteiger partial charge in [-0.05, 0) is 24.8 Å². The van der Waals surface area contributed by atoms with E-state index in [2.05, 4.69) is 10.6 Å². The van der Waals surface area contributed by atoms with Gasteiger partial charge in [-0.15, -0.1) is 11.3 Å². The van der Waals surface area contributed by atoms with E-state index in [1.54, 1.807) is 13.0 Å². The summed E-state index contributed by atoms with van der Waals surface area (Å²) >= 11 is 1.39. The quantitative estimate of drug-likeness (QED) is 0.640. The van der Waals surface area contributed by atoms with Crippen LogP contribution in [-0.2, 0) is 4.79 Å². The molecule has 1 rings (SSSR count). The van der Waals surface area contributed by atoms with E-state index in [0.29, 0.717) is 24.3 Å². The van der Waals surface area contributed by atoms with Crippen LogP contribution in [-0.4, -0.2) is 36.1 Å². The molecule has 1 aromatic rings. The Hall–Kier alpha value is -1.40. The number of thiophene rings is 1. The summed E-state index contributed by atoms with van der Waals surface area (Å²) in [6, 6.07) is 3.58. The van der Waals surface area contributed by atoms with Gasteiger partial charge in [0.1, 0.15) is 0 Å². The predicted octanol–water partition coefficient (Wildman–Crippen LogP) is 0.755. The van der Waals surface area contributed by atoms with Crippen molar-refractivity contribution in [2.75, 3.05) is 13.1 Å². The van der Waals surface area contributed by atoms with Crippen LogP contribution in [0.2, 0.25) is 0 Å². The Morgan fingerprint density at radius 1 is 1.44 bits per heavy atom. The Balaban J connectivity index is 2.08. The average molecular weight is 270 g/mol. The highest BCUT2D eigenvalue weighted by atomic mass is 32.1. The third-order valence-corrected chi connectivity index (χ3v) is 3.07. The lowest BCUT2D eigenvalue weighted by Gasteiger charge is -2.07. The van der Waals surface area contributed by atoms with Crippen LogP contribution in [0.4, 0.5) is 0 Å². The number of nitrogens with one attached hydrogen (secondary N) is 2. The molecule has 0 bridgehead atoms. The van der Waals surface area contributed by atoms with Crippen LogP contribution in [0.15, 0.2) is 17.5 Å². The van der Waals surface area contributed by atoms with E-state index in [1.165, 1.54) is 11.3 Å². The number of carbonyl (C=O) groups excluding carboxylic acids is 2. The van der Waals surface area contributed by atoms with Crippen molar-refractivity contribution in [2.24, 2.45) is 0 Å². The number of hydrogen-bond acceptors (Lipinski definition) is 4. The van der Waals surface area contributed by atoms with E-state index in [-0.39, 0.29) is 18.4 Å². The first-order valence-corrected chi connectivity index (χ1v) is 6.74. The fraction of sp³-hybridized carbons (Fsp3) is 0.500. The van der Waals surface area contributed by atoms with Crippen LogP contribution in [0.25, 0.3) is 0 Å². The first-order valence-electron chi connectivity index (χ1n) is 5.86. The van der Waals surface area contributed by atoms with Crippen molar-refractivity contribution in [3.05, 3.63) is 22.4 Å². The van der Waals surface area contributed by atoms with E-state index in [1.807, 2.05) is 11.4 Å². The summed E-state index contributed by atoms with van der Waals surface area (Å²) in [6.07, 6.45) is 0.396. The van der Waals surface area contributed by atoms with Crippen LogP contribution < -0.4 is 10.6 Å². The molecule has 1 heterocycles. The van der Waals surface area contributed by atoms with Crippen LogP contribution in [0.3, 0.4) is 0 Å². The van der Waals surface area contributed by atoms with E-state index >= 15 is 0 Å². The molecule has 18 heavy (non-hydrogen) atoms. The number of aliphatic hydroxyl groups excluding tert-OH is 1. The van der Waals surface area contributed by atoms with Gasteiger partial charge in [0, 0.05) is 19.5 Å². The van der Waals surface area contributed by atoms with Gasteiger partial charge < -0.3 is 15.7 Å². The second kappa shape index (κ2) is 7.84. The fourth-order valence-corrected chi connectivity index (χ4v) is 1.94. The number of carbonyl (C=O) groups is 2. The Morgan fingerprint density at radius 3 is 2.83 bits per heavy atom. The van der Waals surface area contributed by atoms with Crippen molar-refractivity contribution >= 4 is 23.2 Å². The molecule has 0 unspecified atom stereocenters. The Bertz CT molecular complexity index is 377. The summed E-state index contributed by atoms with van der Waals surface area (Å²) in [7, 11) is 0. The Morgan fingerprint density at radius 2 is 2.22 bits per heavy atom. The summed E-state index contributed by atoms with van der Waals surface area (Å²) in [5, 5.41) is 16.2. The van der Waals surface area contributed by atoms with Gasteiger partial charge in [-0.1, -0.05) is 6.07 Å². The number of aliphatic hydroxyl groups is 1. The molecule has 1 aromatic heterocycles. The molecule has 0 spiro atoms. The van der Waals surface area contributed by atoms with Crippen molar-refractivity contribution < 1.29 is 14.7 Å². The van der Waals surface area contributed by atoms with Crippen molar-refractivity contribution in [1.82, 2.24) is 10.6 Å². The summed E-state index contributed by atoms with van der Waals surface area (Å²) < 4.78 is 0. The maximum Gasteiger partial charge on any atom is 0.261 e. The lowest BCUT2D eigenvalue weighted by molar-refractivity contribution is -0.121. The van der Waals surface area contributed by atoms with Crippen LogP contribution in [0, 0.1) is 0 Å². The van der Waals surface area contributed by atoms with Gasteiger partial charge >= 0.3 is 0 Å².